The molecular weight excluding hydrogens is 382 g/mol. The van der Waals surface area contributed by atoms with Gasteiger partial charge in [-0.25, -0.2) is 4.99 Å². The summed E-state index contributed by atoms with van der Waals surface area (Å²) >= 11 is 0. The smallest absolute Gasteiger partial charge is 0.387 e. The lowest BCUT2D eigenvalue weighted by Crippen LogP contribution is -2.39. The van der Waals surface area contributed by atoms with Crippen LogP contribution in [-0.2, 0) is 6.54 Å². The molecule has 2 aromatic rings. The number of nitrogens with zero attached hydrogens (tertiary/aromatic N) is 2. The molecule has 2 rings (SSSR count). The molecule has 0 saturated heterocycles. The van der Waals surface area contributed by atoms with Gasteiger partial charge in [0.1, 0.15) is 12.4 Å². The van der Waals surface area contributed by atoms with E-state index in [9.17, 15) is 8.78 Å². The van der Waals surface area contributed by atoms with E-state index in [1.807, 2.05) is 13.0 Å². The molecule has 158 valence electrons. The first-order chi connectivity index (χ1) is 14.1. The summed E-state index contributed by atoms with van der Waals surface area (Å²) in [6, 6.07) is 8.61. The summed E-state index contributed by atoms with van der Waals surface area (Å²) in [5, 5.41) is 6.24. The Morgan fingerprint density at radius 3 is 2.69 bits per heavy atom. The fourth-order valence-electron chi connectivity index (χ4n) is 2.45. The van der Waals surface area contributed by atoms with E-state index in [0.29, 0.717) is 43.6 Å². The van der Waals surface area contributed by atoms with Crippen LogP contribution in [-0.4, -0.2) is 43.9 Å². The quantitative estimate of drug-likeness (QED) is 0.338. The third-order valence-corrected chi connectivity index (χ3v) is 3.62. The summed E-state index contributed by atoms with van der Waals surface area (Å²) < 4.78 is 41.3. The Morgan fingerprint density at radius 2 is 2.00 bits per heavy atom. The van der Waals surface area contributed by atoms with Crippen LogP contribution in [0, 0.1) is 0 Å². The molecule has 0 saturated carbocycles. The van der Waals surface area contributed by atoms with Crippen LogP contribution in [0.15, 0.2) is 47.7 Å². The Balaban J connectivity index is 2.00. The zero-order valence-corrected chi connectivity index (χ0v) is 16.5. The van der Waals surface area contributed by atoms with Gasteiger partial charge in [-0.1, -0.05) is 12.1 Å². The Labute approximate surface area is 169 Å². The molecule has 0 radical (unpaired) electrons. The predicted molar refractivity (Wildman–Crippen MR) is 107 cm³/mol. The van der Waals surface area contributed by atoms with Crippen LogP contribution < -0.4 is 24.8 Å². The van der Waals surface area contributed by atoms with E-state index >= 15 is 0 Å². The van der Waals surface area contributed by atoms with E-state index in [4.69, 9.17) is 9.47 Å². The van der Waals surface area contributed by atoms with E-state index < -0.39 is 6.61 Å². The van der Waals surface area contributed by atoms with Crippen LogP contribution in [0.3, 0.4) is 0 Å². The number of aromatic nitrogens is 1. The van der Waals surface area contributed by atoms with E-state index in [-0.39, 0.29) is 18.0 Å². The van der Waals surface area contributed by atoms with Crippen molar-refractivity contribution in [2.75, 3.05) is 26.3 Å². The molecule has 0 aliphatic carbocycles. The molecule has 1 aromatic heterocycles. The van der Waals surface area contributed by atoms with Gasteiger partial charge in [0.05, 0.1) is 25.9 Å². The fourth-order valence-corrected chi connectivity index (χ4v) is 2.45. The number of aliphatic imine (C=N–C) groups is 1. The maximum absolute atomic E-state index is 12.8. The van der Waals surface area contributed by atoms with Crippen LogP contribution in [0.1, 0.15) is 19.4 Å². The zero-order valence-electron chi connectivity index (χ0n) is 16.5. The Bertz CT molecular complexity index is 761. The number of ether oxygens (including phenoxy) is 3. The molecular formula is C20H26F2N4O3. The summed E-state index contributed by atoms with van der Waals surface area (Å²) in [7, 11) is 0. The first kappa shape index (κ1) is 22.2. The molecule has 0 aliphatic rings. The van der Waals surface area contributed by atoms with Crippen LogP contribution >= 0.6 is 0 Å². The molecule has 7 nitrogen and oxygen atoms in total. The molecule has 9 heteroatoms. The normalized spacial score (nSPS) is 11.3. The van der Waals surface area contributed by atoms with Crippen molar-refractivity contribution in [2.24, 2.45) is 4.99 Å². The largest absolute Gasteiger partial charge is 0.490 e. The number of alkyl halides is 2. The maximum atomic E-state index is 12.8. The van der Waals surface area contributed by atoms with Crippen molar-refractivity contribution >= 4 is 5.96 Å². The van der Waals surface area contributed by atoms with Crippen LogP contribution in [0.4, 0.5) is 8.78 Å². The Kier molecular flexibility index (Phi) is 9.47. The standard InChI is InChI=1S/C20H26F2N4O3/c1-3-24-20(25-11-12-28-16-8-6-10-23-14-16)26-13-15-7-5-9-17(27-4-2)18(15)29-19(21)22/h5-10,14,19H,3-4,11-13H2,1-2H3,(H2,24,25,26). The number of nitrogens with one attached hydrogen (secondary N) is 2. The molecule has 0 spiro atoms. The lowest BCUT2D eigenvalue weighted by atomic mass is 10.2. The average molecular weight is 408 g/mol. The summed E-state index contributed by atoms with van der Waals surface area (Å²) in [5.74, 6) is 1.48. The number of pyridine rings is 1. The van der Waals surface area contributed by atoms with Gasteiger partial charge in [-0.3, -0.25) is 4.98 Å². The van der Waals surface area contributed by atoms with Crippen LogP contribution in [0.25, 0.3) is 0 Å². The minimum absolute atomic E-state index is 0.00357. The third kappa shape index (κ3) is 7.81. The Morgan fingerprint density at radius 1 is 1.14 bits per heavy atom. The molecule has 1 heterocycles. The number of hydrogen-bond donors (Lipinski definition) is 2. The van der Waals surface area contributed by atoms with Crippen LogP contribution in [0.5, 0.6) is 17.2 Å². The molecule has 0 bridgehead atoms. The molecule has 2 N–H and O–H groups in total. The summed E-state index contributed by atoms with van der Waals surface area (Å²) in [4.78, 5) is 8.43. The first-order valence-corrected chi connectivity index (χ1v) is 9.38. The molecule has 29 heavy (non-hydrogen) atoms. The van der Waals surface area contributed by atoms with Gasteiger partial charge in [-0.05, 0) is 32.0 Å². The van der Waals surface area contributed by atoms with Gasteiger partial charge >= 0.3 is 6.61 Å². The lowest BCUT2D eigenvalue weighted by Gasteiger charge is -2.15. The second kappa shape index (κ2) is 12.4. The second-order valence-electron chi connectivity index (χ2n) is 5.72. The number of rotatable bonds is 11. The van der Waals surface area contributed by atoms with Gasteiger partial charge in [0, 0.05) is 18.3 Å². The van der Waals surface area contributed by atoms with E-state index in [2.05, 4.69) is 25.3 Å². The zero-order chi connectivity index (χ0) is 20.9. The van der Waals surface area contributed by atoms with Crippen molar-refractivity contribution in [3.05, 3.63) is 48.3 Å². The van der Waals surface area contributed by atoms with Crippen molar-refractivity contribution in [3.63, 3.8) is 0 Å². The Hall–Kier alpha value is -3.10. The average Bonchev–Trinajstić information content (AvgIpc) is 2.71. The highest BCUT2D eigenvalue weighted by Crippen LogP contribution is 2.33. The van der Waals surface area contributed by atoms with Gasteiger partial charge in [-0.2, -0.15) is 8.78 Å². The van der Waals surface area contributed by atoms with Crippen molar-refractivity contribution in [1.29, 1.82) is 0 Å². The van der Waals surface area contributed by atoms with E-state index in [1.54, 1.807) is 43.6 Å². The van der Waals surface area contributed by atoms with Gasteiger partial charge < -0.3 is 24.8 Å². The maximum Gasteiger partial charge on any atom is 0.387 e. The first-order valence-electron chi connectivity index (χ1n) is 9.38. The minimum Gasteiger partial charge on any atom is -0.490 e. The number of halogens is 2. The molecule has 0 fully saturated rings. The minimum atomic E-state index is -2.95. The summed E-state index contributed by atoms with van der Waals surface area (Å²) in [6.07, 6.45) is 3.31. The molecule has 0 atom stereocenters. The molecule has 1 aromatic carbocycles. The van der Waals surface area contributed by atoms with E-state index in [1.165, 1.54) is 0 Å². The molecule has 0 aliphatic heterocycles. The molecule has 0 unspecified atom stereocenters. The third-order valence-electron chi connectivity index (χ3n) is 3.62. The second-order valence-corrected chi connectivity index (χ2v) is 5.72. The van der Waals surface area contributed by atoms with Crippen LogP contribution in [0.2, 0.25) is 0 Å². The SMILES string of the molecule is CCNC(=NCc1cccc(OCC)c1OC(F)F)NCCOc1cccnc1. The summed E-state index contributed by atoms with van der Waals surface area (Å²) in [6.45, 7) is 2.80. The predicted octanol–water partition coefficient (Wildman–Crippen LogP) is 3.22. The number of hydrogen-bond acceptors (Lipinski definition) is 5. The fraction of sp³-hybridized carbons (Fsp3) is 0.400. The molecule has 0 amide bonds. The highest BCUT2D eigenvalue weighted by atomic mass is 19.3. The summed E-state index contributed by atoms with van der Waals surface area (Å²) in [5.41, 5.74) is 0.500. The van der Waals surface area contributed by atoms with E-state index in [0.717, 1.165) is 0 Å². The lowest BCUT2D eigenvalue weighted by molar-refractivity contribution is -0.0520. The van der Waals surface area contributed by atoms with Gasteiger partial charge in [0.15, 0.2) is 17.5 Å². The highest BCUT2D eigenvalue weighted by Gasteiger charge is 2.15. The van der Waals surface area contributed by atoms with Gasteiger partial charge in [0.2, 0.25) is 0 Å². The van der Waals surface area contributed by atoms with Crippen molar-refractivity contribution < 1.29 is 23.0 Å². The van der Waals surface area contributed by atoms with Crippen molar-refractivity contribution in [3.8, 4) is 17.2 Å². The number of guanidine groups is 1. The topological polar surface area (TPSA) is 77.0 Å². The van der Waals surface area contributed by atoms with Crippen molar-refractivity contribution in [1.82, 2.24) is 15.6 Å². The number of para-hydroxylation sites is 1. The number of benzene rings is 1. The van der Waals surface area contributed by atoms with Crippen molar-refractivity contribution in [2.45, 2.75) is 27.0 Å². The highest BCUT2D eigenvalue weighted by molar-refractivity contribution is 5.79. The van der Waals surface area contributed by atoms with Gasteiger partial charge in [-0.15, -0.1) is 0 Å². The van der Waals surface area contributed by atoms with Gasteiger partial charge in [0.25, 0.3) is 0 Å². The monoisotopic (exact) mass is 408 g/mol.